The van der Waals surface area contributed by atoms with E-state index in [1.807, 2.05) is 6.92 Å². The zero-order valence-corrected chi connectivity index (χ0v) is 10.7. The lowest BCUT2D eigenvalue weighted by atomic mass is 10.2. The van der Waals surface area contributed by atoms with Crippen LogP contribution in [0.25, 0.3) is 0 Å². The van der Waals surface area contributed by atoms with Crippen LogP contribution in [0.3, 0.4) is 0 Å². The summed E-state index contributed by atoms with van der Waals surface area (Å²) in [5.41, 5.74) is -0.772. The van der Waals surface area contributed by atoms with Gasteiger partial charge in [0.25, 0.3) is 0 Å². The molecule has 102 valence electrons. The minimum Gasteiger partial charge on any atom is -0.425 e. The fourth-order valence-corrected chi connectivity index (χ4v) is 1.79. The van der Waals surface area contributed by atoms with Gasteiger partial charge in [-0.3, -0.25) is 4.57 Å². The van der Waals surface area contributed by atoms with Crippen LogP contribution in [0.2, 0.25) is 5.15 Å². The van der Waals surface area contributed by atoms with Crippen molar-refractivity contribution >= 4 is 11.6 Å². The summed E-state index contributed by atoms with van der Waals surface area (Å²) < 4.78 is 44.5. The molecular weight excluding hydrogens is 281 g/mol. The van der Waals surface area contributed by atoms with Gasteiger partial charge in [-0.25, -0.2) is 4.98 Å². The van der Waals surface area contributed by atoms with Crippen LogP contribution >= 0.6 is 11.6 Å². The van der Waals surface area contributed by atoms with Crippen LogP contribution in [0, 0.1) is 0 Å². The molecule has 0 aliphatic carbocycles. The van der Waals surface area contributed by atoms with Crippen molar-refractivity contribution in [2.24, 2.45) is 0 Å². The molecule has 0 radical (unpaired) electrons. The van der Waals surface area contributed by atoms with Crippen molar-refractivity contribution in [3.63, 3.8) is 0 Å². The van der Waals surface area contributed by atoms with Gasteiger partial charge in [0.15, 0.2) is 0 Å². The number of alkyl halides is 3. The van der Waals surface area contributed by atoms with Crippen LogP contribution in [0.1, 0.15) is 12.5 Å². The quantitative estimate of drug-likeness (QED) is 0.839. The van der Waals surface area contributed by atoms with Crippen molar-refractivity contribution in [3.8, 4) is 11.8 Å². The highest BCUT2D eigenvalue weighted by atomic mass is 35.5. The van der Waals surface area contributed by atoms with E-state index in [0.717, 1.165) is 12.1 Å². The minimum absolute atomic E-state index is 0.0618. The molecule has 3 nitrogen and oxygen atoms in total. The van der Waals surface area contributed by atoms with Crippen molar-refractivity contribution in [2.45, 2.75) is 19.6 Å². The van der Waals surface area contributed by atoms with E-state index in [4.69, 9.17) is 16.3 Å². The Morgan fingerprint density at radius 2 is 2.11 bits per heavy atom. The van der Waals surface area contributed by atoms with Gasteiger partial charge < -0.3 is 4.74 Å². The highest BCUT2D eigenvalue weighted by molar-refractivity contribution is 6.29. The molecule has 0 atom stereocenters. The van der Waals surface area contributed by atoms with Gasteiger partial charge in [-0.05, 0) is 25.1 Å². The zero-order chi connectivity index (χ0) is 14.0. The molecule has 1 aromatic carbocycles. The topological polar surface area (TPSA) is 27.1 Å². The maximum absolute atomic E-state index is 12.6. The molecule has 0 aliphatic heterocycles. The molecule has 7 heteroatoms. The number of rotatable bonds is 3. The predicted octanol–water partition coefficient (Wildman–Crippen LogP) is 4.37. The van der Waals surface area contributed by atoms with E-state index in [0.29, 0.717) is 11.7 Å². The fraction of sp³-hybridized carbons (Fsp3) is 0.250. The van der Waals surface area contributed by atoms with Gasteiger partial charge in [0, 0.05) is 6.54 Å². The largest absolute Gasteiger partial charge is 0.425 e. The number of benzene rings is 1. The van der Waals surface area contributed by atoms with E-state index in [1.165, 1.54) is 18.3 Å². The first-order valence-electron chi connectivity index (χ1n) is 5.48. The second-order valence-electron chi connectivity index (χ2n) is 3.74. The fourth-order valence-electron chi connectivity index (χ4n) is 1.55. The lowest BCUT2D eigenvalue weighted by Crippen LogP contribution is -2.05. The molecule has 0 amide bonds. The number of aromatic nitrogens is 2. The second kappa shape index (κ2) is 5.13. The van der Waals surface area contributed by atoms with Gasteiger partial charge in [-0.15, -0.1) is 0 Å². The van der Waals surface area contributed by atoms with Gasteiger partial charge in [-0.2, -0.15) is 13.2 Å². The van der Waals surface area contributed by atoms with E-state index in [9.17, 15) is 13.2 Å². The Morgan fingerprint density at radius 3 is 2.74 bits per heavy atom. The summed E-state index contributed by atoms with van der Waals surface area (Å²) in [6.07, 6.45) is -3.02. The summed E-state index contributed by atoms with van der Waals surface area (Å²) in [5, 5.41) is 0.365. The zero-order valence-electron chi connectivity index (χ0n) is 9.91. The highest BCUT2D eigenvalue weighted by Gasteiger charge is 2.30. The lowest BCUT2D eigenvalue weighted by molar-refractivity contribution is -0.137. The van der Waals surface area contributed by atoms with E-state index in [1.54, 1.807) is 4.57 Å². The Balaban J connectivity index is 2.29. The molecular formula is C12H10ClF3N2O. The van der Waals surface area contributed by atoms with Crippen molar-refractivity contribution in [3.05, 3.63) is 41.2 Å². The van der Waals surface area contributed by atoms with E-state index >= 15 is 0 Å². The van der Waals surface area contributed by atoms with Crippen molar-refractivity contribution in [1.82, 2.24) is 9.55 Å². The number of hydrogen-bond acceptors (Lipinski definition) is 2. The molecule has 2 aromatic rings. The summed E-state index contributed by atoms with van der Waals surface area (Å²) in [6, 6.07) is 4.76. The molecule has 0 unspecified atom stereocenters. The van der Waals surface area contributed by atoms with Crippen LogP contribution in [-0.4, -0.2) is 9.55 Å². The van der Waals surface area contributed by atoms with Gasteiger partial charge in [0.2, 0.25) is 0 Å². The van der Waals surface area contributed by atoms with Crippen LogP contribution in [-0.2, 0) is 12.7 Å². The molecule has 0 N–H and O–H groups in total. The van der Waals surface area contributed by atoms with Crippen molar-refractivity contribution in [2.75, 3.05) is 0 Å². The molecule has 2 rings (SSSR count). The Labute approximate surface area is 112 Å². The molecule has 1 aromatic heterocycles. The Morgan fingerprint density at radius 1 is 1.37 bits per heavy atom. The minimum atomic E-state index is -4.41. The van der Waals surface area contributed by atoms with Crippen LogP contribution in [0.4, 0.5) is 13.2 Å². The highest BCUT2D eigenvalue weighted by Crippen LogP contribution is 2.32. The maximum atomic E-state index is 12.6. The van der Waals surface area contributed by atoms with E-state index in [2.05, 4.69) is 4.98 Å². The van der Waals surface area contributed by atoms with E-state index < -0.39 is 11.7 Å². The normalized spacial score (nSPS) is 11.6. The molecule has 0 fully saturated rings. The van der Waals surface area contributed by atoms with Gasteiger partial charge in [0.05, 0.1) is 11.8 Å². The van der Waals surface area contributed by atoms with Crippen LogP contribution in [0.15, 0.2) is 30.5 Å². The molecule has 0 saturated carbocycles. The average molecular weight is 291 g/mol. The molecule has 0 bridgehead atoms. The van der Waals surface area contributed by atoms with Crippen LogP contribution < -0.4 is 4.74 Å². The lowest BCUT2D eigenvalue weighted by Gasteiger charge is -2.10. The molecule has 0 spiro atoms. The van der Waals surface area contributed by atoms with Gasteiger partial charge in [0.1, 0.15) is 10.9 Å². The third-order valence-corrected chi connectivity index (χ3v) is 2.76. The summed E-state index contributed by atoms with van der Waals surface area (Å²) in [6.45, 7) is 2.33. The Bertz CT molecular complexity index is 581. The third kappa shape index (κ3) is 3.01. The van der Waals surface area contributed by atoms with Crippen LogP contribution in [0.5, 0.6) is 11.8 Å². The number of halogens is 4. The monoisotopic (exact) mass is 290 g/mol. The predicted molar refractivity (Wildman–Crippen MR) is 64.4 cm³/mol. The Kier molecular flexibility index (Phi) is 3.71. The van der Waals surface area contributed by atoms with Gasteiger partial charge in [-0.1, -0.05) is 17.7 Å². The summed E-state index contributed by atoms with van der Waals surface area (Å²) in [4.78, 5) is 3.90. The molecule has 0 saturated heterocycles. The molecule has 0 aliphatic rings. The number of imidazole rings is 1. The summed E-state index contributed by atoms with van der Waals surface area (Å²) >= 11 is 5.86. The van der Waals surface area contributed by atoms with Gasteiger partial charge >= 0.3 is 12.2 Å². The summed E-state index contributed by atoms with van der Waals surface area (Å²) in [5.74, 6) is 0.0618. The molecule has 19 heavy (non-hydrogen) atoms. The first kappa shape index (κ1) is 13.7. The molecule has 1 heterocycles. The maximum Gasteiger partial charge on any atom is 0.416 e. The number of hydrogen-bond donors (Lipinski definition) is 0. The summed E-state index contributed by atoms with van der Waals surface area (Å²) in [7, 11) is 0. The first-order valence-corrected chi connectivity index (χ1v) is 5.85. The van der Waals surface area contributed by atoms with E-state index in [-0.39, 0.29) is 11.8 Å². The second-order valence-corrected chi connectivity index (χ2v) is 4.12. The standard InChI is InChI=1S/C12H10ClF3N2O/c1-2-18-10(13)7-17-11(18)19-9-5-3-4-8(6-9)12(14,15)16/h3-7H,2H2,1H3. The first-order chi connectivity index (χ1) is 8.91. The third-order valence-electron chi connectivity index (χ3n) is 2.46. The number of ether oxygens (including phenoxy) is 1. The number of nitrogens with zero attached hydrogens (tertiary/aromatic N) is 2. The average Bonchev–Trinajstić information content (AvgIpc) is 2.69. The Hall–Kier alpha value is -1.69. The smallest absolute Gasteiger partial charge is 0.416 e. The van der Waals surface area contributed by atoms with Crippen molar-refractivity contribution in [1.29, 1.82) is 0 Å². The SMILES string of the molecule is CCn1c(Cl)cnc1Oc1cccc(C(F)(F)F)c1. The van der Waals surface area contributed by atoms with Crippen molar-refractivity contribution < 1.29 is 17.9 Å².